The van der Waals surface area contributed by atoms with Gasteiger partial charge in [0.05, 0.1) is 38.0 Å². The molecule has 3 rings (SSSR count). The molecule has 0 radical (unpaired) electrons. The van der Waals surface area contributed by atoms with Gasteiger partial charge in [0, 0.05) is 11.8 Å². The number of aromatic nitrogens is 2. The quantitative estimate of drug-likeness (QED) is 0.495. The number of hydrogen-bond acceptors (Lipinski definition) is 8. The predicted molar refractivity (Wildman–Crippen MR) is 113 cm³/mol. The van der Waals surface area contributed by atoms with Gasteiger partial charge in [-0.15, -0.1) is 0 Å². The number of anilines is 5. The highest BCUT2D eigenvalue weighted by molar-refractivity contribution is 7.92. The monoisotopic (exact) mass is 433 g/mol. The number of halogens is 1. The van der Waals surface area contributed by atoms with Gasteiger partial charge in [-0.3, -0.25) is 4.72 Å². The zero-order chi connectivity index (χ0) is 21.7. The molecule has 0 aliphatic carbocycles. The van der Waals surface area contributed by atoms with Crippen molar-refractivity contribution in [2.75, 3.05) is 35.8 Å². The van der Waals surface area contributed by atoms with Crippen LogP contribution in [0.5, 0.6) is 11.5 Å². The summed E-state index contributed by atoms with van der Waals surface area (Å²) in [5.41, 5.74) is 1.19. The van der Waals surface area contributed by atoms with Crippen LogP contribution in [0.1, 0.15) is 0 Å². The number of para-hydroxylation sites is 2. The third-order valence-corrected chi connectivity index (χ3v) is 4.45. The van der Waals surface area contributed by atoms with E-state index in [0.29, 0.717) is 22.9 Å². The lowest BCUT2D eigenvalue weighted by Gasteiger charge is -2.14. The molecular formula is C19H20FN5O4S. The summed E-state index contributed by atoms with van der Waals surface area (Å²) in [7, 11) is -0.470. The molecule has 0 saturated carbocycles. The average molecular weight is 433 g/mol. The van der Waals surface area contributed by atoms with Gasteiger partial charge in [-0.2, -0.15) is 4.98 Å². The molecule has 0 aliphatic rings. The molecule has 0 aliphatic heterocycles. The summed E-state index contributed by atoms with van der Waals surface area (Å²) in [4.78, 5) is 8.08. The normalized spacial score (nSPS) is 10.9. The molecule has 0 amide bonds. The van der Waals surface area contributed by atoms with E-state index in [1.807, 2.05) is 0 Å². The molecule has 0 bridgehead atoms. The summed E-state index contributed by atoms with van der Waals surface area (Å²) in [6.45, 7) is 0. The molecule has 0 unspecified atom stereocenters. The Morgan fingerprint density at radius 1 is 0.967 bits per heavy atom. The smallest absolute Gasteiger partial charge is 0.229 e. The fraction of sp³-hybridized carbons (Fsp3) is 0.158. The van der Waals surface area contributed by atoms with Crippen LogP contribution in [0, 0.1) is 5.82 Å². The Morgan fingerprint density at radius 3 is 2.33 bits per heavy atom. The molecule has 0 atom stereocenters. The minimum Gasteiger partial charge on any atom is -0.493 e. The first-order valence-corrected chi connectivity index (χ1v) is 10.5. The van der Waals surface area contributed by atoms with Crippen molar-refractivity contribution in [3.8, 4) is 11.5 Å². The van der Waals surface area contributed by atoms with E-state index in [2.05, 4.69) is 25.3 Å². The van der Waals surface area contributed by atoms with Crippen molar-refractivity contribution >= 4 is 38.9 Å². The molecule has 9 nitrogen and oxygen atoms in total. The van der Waals surface area contributed by atoms with Crippen molar-refractivity contribution in [2.45, 2.75) is 0 Å². The zero-order valence-corrected chi connectivity index (χ0v) is 17.2. The van der Waals surface area contributed by atoms with Crippen LogP contribution in [0.3, 0.4) is 0 Å². The van der Waals surface area contributed by atoms with Gasteiger partial charge in [0.2, 0.25) is 16.0 Å². The summed E-state index contributed by atoms with van der Waals surface area (Å²) in [6.07, 6.45) is 2.03. The highest BCUT2D eigenvalue weighted by Gasteiger charge is 2.13. The van der Waals surface area contributed by atoms with Gasteiger partial charge in [-0.05, 0) is 24.3 Å². The molecule has 3 N–H and O–H groups in total. The summed E-state index contributed by atoms with van der Waals surface area (Å²) in [6, 6.07) is 11.6. The molecule has 0 spiro atoms. The zero-order valence-electron chi connectivity index (χ0n) is 16.4. The van der Waals surface area contributed by atoms with E-state index in [1.54, 1.807) is 42.5 Å². The Hall–Kier alpha value is -3.60. The Kier molecular flexibility index (Phi) is 6.21. The summed E-state index contributed by atoms with van der Waals surface area (Å²) >= 11 is 0. The van der Waals surface area contributed by atoms with Crippen LogP contribution in [0.15, 0.2) is 48.7 Å². The van der Waals surface area contributed by atoms with Crippen LogP contribution >= 0.6 is 0 Å². The lowest BCUT2D eigenvalue weighted by atomic mass is 10.2. The Morgan fingerprint density at radius 2 is 1.67 bits per heavy atom. The minimum absolute atomic E-state index is 0.125. The van der Waals surface area contributed by atoms with Crippen molar-refractivity contribution < 1.29 is 22.3 Å². The predicted octanol–water partition coefficient (Wildman–Crippen LogP) is 3.49. The van der Waals surface area contributed by atoms with E-state index in [4.69, 9.17) is 9.47 Å². The molecule has 0 fully saturated rings. The minimum atomic E-state index is -3.51. The number of nitrogens with one attached hydrogen (secondary N) is 3. The molecule has 3 aromatic rings. The second-order valence-electron chi connectivity index (χ2n) is 6.13. The fourth-order valence-corrected chi connectivity index (χ4v) is 3.14. The Labute approximate surface area is 173 Å². The van der Waals surface area contributed by atoms with E-state index in [0.717, 1.165) is 12.5 Å². The van der Waals surface area contributed by atoms with Crippen molar-refractivity contribution in [3.05, 3.63) is 54.5 Å². The van der Waals surface area contributed by atoms with Crippen LogP contribution in [0.25, 0.3) is 0 Å². The highest BCUT2D eigenvalue weighted by Crippen LogP contribution is 2.31. The topological polar surface area (TPSA) is 114 Å². The number of benzene rings is 2. The number of sulfonamides is 1. The molecule has 1 heterocycles. The van der Waals surface area contributed by atoms with Crippen molar-refractivity contribution in [1.29, 1.82) is 0 Å². The summed E-state index contributed by atoms with van der Waals surface area (Å²) < 4.78 is 50.2. The Bertz CT molecular complexity index is 1160. The molecule has 30 heavy (non-hydrogen) atoms. The second kappa shape index (κ2) is 8.82. The number of ether oxygens (including phenoxy) is 2. The maximum Gasteiger partial charge on any atom is 0.229 e. The van der Waals surface area contributed by atoms with Gasteiger partial charge in [0.25, 0.3) is 0 Å². The number of rotatable bonds is 8. The van der Waals surface area contributed by atoms with E-state index in [1.165, 1.54) is 14.2 Å². The van der Waals surface area contributed by atoms with E-state index < -0.39 is 15.8 Å². The number of nitrogens with zero attached hydrogens (tertiary/aromatic N) is 2. The van der Waals surface area contributed by atoms with Crippen LogP contribution < -0.4 is 24.8 Å². The fourth-order valence-electron chi connectivity index (χ4n) is 2.57. The summed E-state index contributed by atoms with van der Waals surface area (Å²) in [5.74, 6) is 0.349. The van der Waals surface area contributed by atoms with Gasteiger partial charge in [0.15, 0.2) is 23.1 Å². The van der Waals surface area contributed by atoms with Crippen LogP contribution in [0.2, 0.25) is 0 Å². The SMILES string of the molecule is COc1ccc(Nc2ncc(F)c(Nc3ccccc3NS(C)(=O)=O)n2)cc1OC. The van der Waals surface area contributed by atoms with Crippen molar-refractivity contribution in [2.24, 2.45) is 0 Å². The molecule has 0 saturated heterocycles. The van der Waals surface area contributed by atoms with E-state index >= 15 is 0 Å². The molecule has 158 valence electrons. The maximum absolute atomic E-state index is 14.3. The number of hydrogen-bond donors (Lipinski definition) is 3. The van der Waals surface area contributed by atoms with Crippen LogP contribution in [0.4, 0.5) is 33.2 Å². The van der Waals surface area contributed by atoms with Crippen molar-refractivity contribution in [1.82, 2.24) is 9.97 Å². The van der Waals surface area contributed by atoms with Gasteiger partial charge in [-0.1, -0.05) is 12.1 Å². The third-order valence-electron chi connectivity index (χ3n) is 3.86. The first-order valence-electron chi connectivity index (χ1n) is 8.64. The van der Waals surface area contributed by atoms with Crippen molar-refractivity contribution in [3.63, 3.8) is 0 Å². The first kappa shape index (κ1) is 21.1. The first-order chi connectivity index (χ1) is 14.3. The maximum atomic E-state index is 14.3. The standard InChI is InChI=1S/C19H20FN5O4S/c1-28-16-9-8-12(10-17(16)29-2)22-19-21-11-13(20)18(24-19)23-14-6-4-5-7-15(14)25-30(3,26)27/h4-11,25H,1-3H3,(H2,21,22,23,24). The largest absolute Gasteiger partial charge is 0.493 e. The molecule has 1 aromatic heterocycles. The molecular weight excluding hydrogens is 413 g/mol. The molecule has 11 heteroatoms. The van der Waals surface area contributed by atoms with Gasteiger partial charge in [-0.25, -0.2) is 17.8 Å². The van der Waals surface area contributed by atoms with E-state index in [9.17, 15) is 12.8 Å². The third kappa shape index (κ3) is 5.26. The summed E-state index contributed by atoms with van der Waals surface area (Å²) in [5, 5.41) is 5.75. The lowest BCUT2D eigenvalue weighted by molar-refractivity contribution is 0.355. The van der Waals surface area contributed by atoms with Gasteiger partial charge in [0.1, 0.15) is 0 Å². The number of methoxy groups -OCH3 is 2. The van der Waals surface area contributed by atoms with Crippen LogP contribution in [-0.4, -0.2) is 38.9 Å². The van der Waals surface area contributed by atoms with E-state index in [-0.39, 0.29) is 17.5 Å². The van der Waals surface area contributed by atoms with Gasteiger partial charge >= 0.3 is 0 Å². The molecule has 2 aromatic carbocycles. The lowest BCUT2D eigenvalue weighted by Crippen LogP contribution is -2.11. The second-order valence-corrected chi connectivity index (χ2v) is 7.88. The Balaban J connectivity index is 1.87. The average Bonchev–Trinajstić information content (AvgIpc) is 2.70. The van der Waals surface area contributed by atoms with Gasteiger partial charge < -0.3 is 20.1 Å². The highest BCUT2D eigenvalue weighted by atomic mass is 32.2. The van der Waals surface area contributed by atoms with Crippen LogP contribution in [-0.2, 0) is 10.0 Å².